The molecule has 0 bridgehead atoms. The zero-order valence-electron chi connectivity index (χ0n) is 12.7. The summed E-state index contributed by atoms with van der Waals surface area (Å²) in [5.41, 5.74) is 1.68. The van der Waals surface area contributed by atoms with Gasteiger partial charge in [-0.3, -0.25) is 4.79 Å². The third-order valence-electron chi connectivity index (χ3n) is 3.40. The second kappa shape index (κ2) is 6.51. The topological polar surface area (TPSA) is 66.3 Å². The molecule has 22 heavy (non-hydrogen) atoms. The third kappa shape index (κ3) is 3.39. The van der Waals surface area contributed by atoms with Crippen molar-refractivity contribution in [3.8, 4) is 11.3 Å². The molecule has 5 nitrogen and oxygen atoms in total. The molecule has 0 saturated carbocycles. The molecule has 0 aliphatic heterocycles. The number of aromatic nitrogens is 2. The first-order valence-electron chi connectivity index (χ1n) is 6.92. The quantitative estimate of drug-likeness (QED) is 0.920. The van der Waals surface area contributed by atoms with Crippen LogP contribution in [0.3, 0.4) is 0 Å². The number of anilines is 1. The number of carboxylic acids is 1. The lowest BCUT2D eigenvalue weighted by molar-refractivity contribution is -0.140. The summed E-state index contributed by atoms with van der Waals surface area (Å²) < 4.78 is 14.0. The summed E-state index contributed by atoms with van der Waals surface area (Å²) >= 11 is 0. The fourth-order valence-corrected chi connectivity index (χ4v) is 2.11. The van der Waals surface area contributed by atoms with E-state index in [1.165, 1.54) is 6.07 Å². The van der Waals surface area contributed by atoms with Crippen molar-refractivity contribution < 1.29 is 14.3 Å². The summed E-state index contributed by atoms with van der Waals surface area (Å²) in [5.74, 6) is -1.41. The number of aliphatic carboxylic acids is 1. The summed E-state index contributed by atoms with van der Waals surface area (Å²) in [7, 11) is 1.72. The second-order valence-corrected chi connectivity index (χ2v) is 5.30. The van der Waals surface area contributed by atoms with Crippen LogP contribution >= 0.6 is 0 Å². The van der Waals surface area contributed by atoms with E-state index in [4.69, 9.17) is 5.11 Å². The Balaban J connectivity index is 2.35. The molecule has 0 amide bonds. The maximum absolute atomic E-state index is 14.0. The highest BCUT2D eigenvalue weighted by Gasteiger charge is 2.17. The maximum Gasteiger partial charge on any atom is 0.308 e. The lowest BCUT2D eigenvalue weighted by atomic mass is 10.1. The van der Waals surface area contributed by atoms with Gasteiger partial charge in [0.05, 0.1) is 11.6 Å². The summed E-state index contributed by atoms with van der Waals surface area (Å²) in [5, 5.41) is 8.97. The van der Waals surface area contributed by atoms with Crippen LogP contribution < -0.4 is 4.90 Å². The SMILES string of the molecule is Cc1cnc(N(C)CC(C)C(=O)O)nc1-c1ccccc1F. The summed E-state index contributed by atoms with van der Waals surface area (Å²) in [6.07, 6.45) is 1.62. The highest BCUT2D eigenvalue weighted by Crippen LogP contribution is 2.25. The normalized spacial score (nSPS) is 12.0. The Hall–Kier alpha value is -2.50. The minimum atomic E-state index is -0.881. The van der Waals surface area contributed by atoms with Gasteiger partial charge in [0.1, 0.15) is 5.82 Å². The van der Waals surface area contributed by atoms with Crippen molar-refractivity contribution >= 4 is 11.9 Å². The molecule has 2 aromatic rings. The van der Waals surface area contributed by atoms with Crippen LogP contribution in [0.1, 0.15) is 12.5 Å². The minimum Gasteiger partial charge on any atom is -0.481 e. The predicted octanol–water partition coefficient (Wildman–Crippen LogP) is 2.75. The van der Waals surface area contributed by atoms with E-state index in [0.717, 1.165) is 5.56 Å². The molecule has 0 aliphatic rings. The first-order chi connectivity index (χ1) is 10.4. The zero-order valence-corrected chi connectivity index (χ0v) is 12.7. The number of nitrogens with zero attached hydrogens (tertiary/aromatic N) is 3. The minimum absolute atomic E-state index is 0.273. The highest BCUT2D eigenvalue weighted by atomic mass is 19.1. The van der Waals surface area contributed by atoms with Crippen LogP contribution in [0, 0.1) is 18.7 Å². The molecule has 6 heteroatoms. The van der Waals surface area contributed by atoms with Gasteiger partial charge in [0.2, 0.25) is 5.95 Å². The van der Waals surface area contributed by atoms with Gasteiger partial charge in [-0.1, -0.05) is 19.1 Å². The Morgan fingerprint density at radius 2 is 2.09 bits per heavy atom. The van der Waals surface area contributed by atoms with Crippen LogP contribution in [-0.2, 0) is 4.79 Å². The fourth-order valence-electron chi connectivity index (χ4n) is 2.11. The summed E-state index contributed by atoms with van der Waals surface area (Å²) in [6.45, 7) is 3.70. The third-order valence-corrected chi connectivity index (χ3v) is 3.40. The van der Waals surface area contributed by atoms with Crippen molar-refractivity contribution in [1.29, 1.82) is 0 Å². The molecule has 1 heterocycles. The van der Waals surface area contributed by atoms with E-state index in [1.807, 2.05) is 6.92 Å². The first-order valence-corrected chi connectivity index (χ1v) is 6.92. The molecule has 1 aromatic carbocycles. The number of hydrogen-bond donors (Lipinski definition) is 1. The molecule has 0 fully saturated rings. The number of carbonyl (C=O) groups is 1. The molecule has 0 aliphatic carbocycles. The van der Waals surface area contributed by atoms with Gasteiger partial charge in [-0.2, -0.15) is 0 Å². The van der Waals surface area contributed by atoms with E-state index in [9.17, 15) is 9.18 Å². The van der Waals surface area contributed by atoms with Crippen molar-refractivity contribution in [3.05, 3.63) is 41.8 Å². The Morgan fingerprint density at radius 3 is 2.73 bits per heavy atom. The summed E-state index contributed by atoms with van der Waals surface area (Å²) in [4.78, 5) is 21.2. The number of carboxylic acid groups (broad SMARTS) is 1. The van der Waals surface area contributed by atoms with Gasteiger partial charge in [-0.15, -0.1) is 0 Å². The molecule has 1 N–H and O–H groups in total. The van der Waals surface area contributed by atoms with Crippen LogP contribution in [0.15, 0.2) is 30.5 Å². The molecular weight excluding hydrogens is 285 g/mol. The van der Waals surface area contributed by atoms with Gasteiger partial charge in [-0.25, -0.2) is 14.4 Å². The average molecular weight is 303 g/mol. The van der Waals surface area contributed by atoms with E-state index in [2.05, 4.69) is 9.97 Å². The highest BCUT2D eigenvalue weighted by molar-refractivity contribution is 5.70. The van der Waals surface area contributed by atoms with E-state index >= 15 is 0 Å². The molecule has 1 atom stereocenters. The second-order valence-electron chi connectivity index (χ2n) is 5.30. The molecule has 1 aromatic heterocycles. The van der Waals surface area contributed by atoms with Crippen molar-refractivity contribution in [2.24, 2.45) is 5.92 Å². The van der Waals surface area contributed by atoms with Crippen molar-refractivity contribution in [1.82, 2.24) is 9.97 Å². The number of hydrogen-bond acceptors (Lipinski definition) is 4. The van der Waals surface area contributed by atoms with Gasteiger partial charge in [0, 0.05) is 25.4 Å². The lowest BCUT2D eigenvalue weighted by Gasteiger charge is -2.20. The van der Waals surface area contributed by atoms with E-state index in [-0.39, 0.29) is 12.4 Å². The smallest absolute Gasteiger partial charge is 0.308 e. The predicted molar refractivity (Wildman–Crippen MR) is 82.2 cm³/mol. The average Bonchev–Trinajstić information content (AvgIpc) is 2.48. The van der Waals surface area contributed by atoms with Crippen molar-refractivity contribution in [3.63, 3.8) is 0 Å². The Morgan fingerprint density at radius 1 is 1.41 bits per heavy atom. The molecule has 0 radical (unpaired) electrons. The van der Waals surface area contributed by atoms with Gasteiger partial charge in [0.15, 0.2) is 0 Å². The molecule has 116 valence electrons. The van der Waals surface area contributed by atoms with Crippen LogP contribution in [0.5, 0.6) is 0 Å². The van der Waals surface area contributed by atoms with E-state index in [1.54, 1.807) is 43.3 Å². The molecular formula is C16H18FN3O2. The number of aryl methyl sites for hydroxylation is 1. The lowest BCUT2D eigenvalue weighted by Crippen LogP contribution is -2.29. The Kier molecular flexibility index (Phi) is 4.70. The van der Waals surface area contributed by atoms with E-state index < -0.39 is 11.9 Å². The molecule has 1 unspecified atom stereocenters. The zero-order chi connectivity index (χ0) is 16.3. The van der Waals surface area contributed by atoms with Gasteiger partial charge >= 0.3 is 5.97 Å². The van der Waals surface area contributed by atoms with Gasteiger partial charge in [0.25, 0.3) is 0 Å². The van der Waals surface area contributed by atoms with Crippen LogP contribution in [0.25, 0.3) is 11.3 Å². The van der Waals surface area contributed by atoms with E-state index in [0.29, 0.717) is 17.2 Å². The van der Waals surface area contributed by atoms with Crippen LogP contribution in [0.2, 0.25) is 0 Å². The molecule has 0 spiro atoms. The van der Waals surface area contributed by atoms with Crippen molar-refractivity contribution in [2.45, 2.75) is 13.8 Å². The Labute approximate surface area is 128 Å². The fraction of sp³-hybridized carbons (Fsp3) is 0.312. The maximum atomic E-state index is 14.0. The number of rotatable bonds is 5. The molecule has 2 rings (SSSR count). The van der Waals surface area contributed by atoms with Crippen LogP contribution in [0.4, 0.5) is 10.3 Å². The number of halogens is 1. The standard InChI is InChI=1S/C16H18FN3O2/c1-10-8-18-16(20(3)9-11(2)15(21)22)19-14(10)12-6-4-5-7-13(12)17/h4-8,11H,9H2,1-3H3,(H,21,22). The Bertz CT molecular complexity index is 691. The molecule has 0 saturated heterocycles. The largest absolute Gasteiger partial charge is 0.481 e. The number of benzene rings is 1. The van der Waals surface area contributed by atoms with Gasteiger partial charge < -0.3 is 10.0 Å². The first kappa shape index (κ1) is 15.9. The van der Waals surface area contributed by atoms with Crippen molar-refractivity contribution in [2.75, 3.05) is 18.5 Å². The van der Waals surface area contributed by atoms with Gasteiger partial charge in [-0.05, 0) is 24.6 Å². The monoisotopic (exact) mass is 303 g/mol. The van der Waals surface area contributed by atoms with Crippen LogP contribution in [-0.4, -0.2) is 34.6 Å². The summed E-state index contributed by atoms with van der Waals surface area (Å²) in [6, 6.07) is 6.41.